The number of nitrogens with zero attached hydrogens (tertiary/aromatic N) is 2. The highest BCUT2D eigenvalue weighted by molar-refractivity contribution is 5.56. The molecule has 0 aliphatic rings. The number of benzene rings is 1. The van der Waals surface area contributed by atoms with Gasteiger partial charge in [-0.15, -0.1) is 0 Å². The summed E-state index contributed by atoms with van der Waals surface area (Å²) in [5.74, 6) is 2.60. The minimum Gasteiger partial charge on any atom is -0.373 e. The van der Waals surface area contributed by atoms with E-state index < -0.39 is 0 Å². The van der Waals surface area contributed by atoms with E-state index in [4.69, 9.17) is 0 Å². The molecule has 0 aliphatic heterocycles. The Morgan fingerprint density at radius 1 is 1.00 bits per heavy atom. The number of rotatable bonds is 6. The summed E-state index contributed by atoms with van der Waals surface area (Å²) in [6.45, 7) is 4.86. The molecule has 0 saturated carbocycles. The molecular weight excluding hydrogens is 248 g/mol. The van der Waals surface area contributed by atoms with Gasteiger partial charge in [-0.25, -0.2) is 9.97 Å². The molecular formula is C16H22N4. The number of aryl methyl sites for hydroxylation is 2. The zero-order chi connectivity index (χ0) is 14.4. The Bertz CT molecular complexity index is 552. The van der Waals surface area contributed by atoms with Gasteiger partial charge in [0.1, 0.15) is 17.5 Å². The summed E-state index contributed by atoms with van der Waals surface area (Å²) in [5, 5.41) is 6.51. The van der Waals surface area contributed by atoms with Crippen LogP contribution >= 0.6 is 0 Å². The highest BCUT2D eigenvalue weighted by atomic mass is 15.1. The van der Waals surface area contributed by atoms with Crippen molar-refractivity contribution in [3.8, 4) is 0 Å². The molecule has 1 aromatic heterocycles. The molecule has 0 saturated heterocycles. The van der Waals surface area contributed by atoms with E-state index >= 15 is 0 Å². The third-order valence-corrected chi connectivity index (χ3v) is 3.27. The van der Waals surface area contributed by atoms with Gasteiger partial charge in [0, 0.05) is 19.2 Å². The maximum Gasteiger partial charge on any atom is 0.134 e. The lowest BCUT2D eigenvalue weighted by Gasteiger charge is -2.12. The van der Waals surface area contributed by atoms with Crippen molar-refractivity contribution in [2.45, 2.75) is 26.7 Å². The Labute approximate surface area is 120 Å². The van der Waals surface area contributed by atoms with Crippen LogP contribution in [0.25, 0.3) is 0 Å². The third-order valence-electron chi connectivity index (χ3n) is 3.27. The van der Waals surface area contributed by atoms with E-state index in [2.05, 4.69) is 44.9 Å². The van der Waals surface area contributed by atoms with Crippen LogP contribution in [0, 0.1) is 13.8 Å². The van der Waals surface area contributed by atoms with Gasteiger partial charge in [0.2, 0.25) is 0 Å². The SMILES string of the molecule is CNc1nc(C)nc(NCCCc2ccccc2)c1C. The second-order valence-corrected chi connectivity index (χ2v) is 4.86. The van der Waals surface area contributed by atoms with E-state index in [1.54, 1.807) is 0 Å². The van der Waals surface area contributed by atoms with Crippen LogP contribution in [0.15, 0.2) is 30.3 Å². The predicted molar refractivity (Wildman–Crippen MR) is 84.3 cm³/mol. The fourth-order valence-electron chi connectivity index (χ4n) is 2.19. The van der Waals surface area contributed by atoms with Gasteiger partial charge in [-0.2, -0.15) is 0 Å². The lowest BCUT2D eigenvalue weighted by atomic mass is 10.1. The summed E-state index contributed by atoms with van der Waals surface area (Å²) in [7, 11) is 1.88. The van der Waals surface area contributed by atoms with Gasteiger partial charge >= 0.3 is 0 Å². The van der Waals surface area contributed by atoms with Gasteiger partial charge in [0.15, 0.2) is 0 Å². The molecule has 0 atom stereocenters. The summed E-state index contributed by atoms with van der Waals surface area (Å²) in [6.07, 6.45) is 2.16. The number of hydrogen-bond acceptors (Lipinski definition) is 4. The minimum atomic E-state index is 0.783. The number of hydrogen-bond donors (Lipinski definition) is 2. The van der Waals surface area contributed by atoms with Crippen molar-refractivity contribution < 1.29 is 0 Å². The van der Waals surface area contributed by atoms with E-state index in [0.717, 1.165) is 42.4 Å². The summed E-state index contributed by atoms with van der Waals surface area (Å²) in [5.41, 5.74) is 2.44. The van der Waals surface area contributed by atoms with Gasteiger partial charge in [0.25, 0.3) is 0 Å². The van der Waals surface area contributed by atoms with Crippen LogP contribution in [0.4, 0.5) is 11.6 Å². The summed E-state index contributed by atoms with van der Waals surface area (Å²) < 4.78 is 0. The first-order valence-corrected chi connectivity index (χ1v) is 7.01. The van der Waals surface area contributed by atoms with Crippen LogP contribution in [0.3, 0.4) is 0 Å². The molecule has 0 fully saturated rings. The summed E-state index contributed by atoms with van der Waals surface area (Å²) in [6, 6.07) is 10.5. The van der Waals surface area contributed by atoms with Gasteiger partial charge in [-0.05, 0) is 32.3 Å². The molecule has 1 heterocycles. The van der Waals surface area contributed by atoms with Crippen LogP contribution in [0.2, 0.25) is 0 Å². The van der Waals surface area contributed by atoms with Crippen LogP contribution < -0.4 is 10.6 Å². The maximum absolute atomic E-state index is 4.46. The van der Waals surface area contributed by atoms with E-state index in [1.807, 2.05) is 27.0 Å². The average Bonchev–Trinajstić information content (AvgIpc) is 2.47. The van der Waals surface area contributed by atoms with Crippen molar-refractivity contribution in [2.75, 3.05) is 24.2 Å². The van der Waals surface area contributed by atoms with Crippen LogP contribution in [0.1, 0.15) is 23.4 Å². The first kappa shape index (κ1) is 14.3. The third kappa shape index (κ3) is 3.70. The molecule has 2 rings (SSSR count). The second kappa shape index (κ2) is 6.89. The van der Waals surface area contributed by atoms with E-state index in [-0.39, 0.29) is 0 Å². The van der Waals surface area contributed by atoms with Gasteiger partial charge < -0.3 is 10.6 Å². The molecule has 4 nitrogen and oxygen atoms in total. The van der Waals surface area contributed by atoms with E-state index in [1.165, 1.54) is 5.56 Å². The normalized spacial score (nSPS) is 10.3. The Hall–Kier alpha value is -2.10. The topological polar surface area (TPSA) is 49.8 Å². The monoisotopic (exact) mass is 270 g/mol. The lowest BCUT2D eigenvalue weighted by molar-refractivity contribution is 0.854. The standard InChI is InChI=1S/C16H22N4/c1-12-15(17-3)19-13(2)20-16(12)18-11-7-10-14-8-5-4-6-9-14/h4-6,8-9H,7,10-11H2,1-3H3,(H2,17,18,19,20). The molecule has 0 radical (unpaired) electrons. The van der Waals surface area contributed by atoms with Crippen molar-refractivity contribution in [1.29, 1.82) is 0 Å². The first-order chi connectivity index (χ1) is 9.70. The number of anilines is 2. The molecule has 4 heteroatoms. The molecule has 106 valence electrons. The van der Waals surface area contributed by atoms with Gasteiger partial charge in [0.05, 0.1) is 0 Å². The zero-order valence-electron chi connectivity index (χ0n) is 12.4. The second-order valence-electron chi connectivity index (χ2n) is 4.86. The maximum atomic E-state index is 4.46. The number of aromatic nitrogens is 2. The molecule has 2 N–H and O–H groups in total. The van der Waals surface area contributed by atoms with Crippen LogP contribution in [-0.2, 0) is 6.42 Å². The molecule has 0 spiro atoms. The Kier molecular flexibility index (Phi) is 4.93. The Morgan fingerprint density at radius 2 is 1.70 bits per heavy atom. The van der Waals surface area contributed by atoms with Gasteiger partial charge in [-0.1, -0.05) is 30.3 Å². The largest absolute Gasteiger partial charge is 0.373 e. The fraction of sp³-hybridized carbons (Fsp3) is 0.375. The average molecular weight is 270 g/mol. The quantitative estimate of drug-likeness (QED) is 0.792. The Morgan fingerprint density at radius 3 is 2.40 bits per heavy atom. The molecule has 0 amide bonds. The molecule has 0 unspecified atom stereocenters. The van der Waals surface area contributed by atoms with Crippen molar-refractivity contribution in [2.24, 2.45) is 0 Å². The van der Waals surface area contributed by atoms with E-state index in [0.29, 0.717) is 0 Å². The van der Waals surface area contributed by atoms with Crippen LogP contribution in [0.5, 0.6) is 0 Å². The highest BCUT2D eigenvalue weighted by Gasteiger charge is 2.07. The van der Waals surface area contributed by atoms with Crippen molar-refractivity contribution in [1.82, 2.24) is 9.97 Å². The molecule has 0 aliphatic carbocycles. The molecule has 20 heavy (non-hydrogen) atoms. The smallest absolute Gasteiger partial charge is 0.134 e. The van der Waals surface area contributed by atoms with E-state index in [9.17, 15) is 0 Å². The fourth-order valence-corrected chi connectivity index (χ4v) is 2.19. The number of nitrogens with one attached hydrogen (secondary N) is 2. The van der Waals surface area contributed by atoms with Gasteiger partial charge in [-0.3, -0.25) is 0 Å². The zero-order valence-corrected chi connectivity index (χ0v) is 12.4. The van der Waals surface area contributed by atoms with Crippen molar-refractivity contribution in [3.63, 3.8) is 0 Å². The Balaban J connectivity index is 1.90. The highest BCUT2D eigenvalue weighted by Crippen LogP contribution is 2.19. The van der Waals surface area contributed by atoms with Crippen molar-refractivity contribution >= 4 is 11.6 Å². The summed E-state index contributed by atoms with van der Waals surface area (Å²) in [4.78, 5) is 8.83. The molecule has 2 aromatic rings. The molecule has 1 aromatic carbocycles. The summed E-state index contributed by atoms with van der Waals surface area (Å²) >= 11 is 0. The lowest BCUT2D eigenvalue weighted by Crippen LogP contribution is -2.10. The van der Waals surface area contributed by atoms with Crippen LogP contribution in [-0.4, -0.2) is 23.6 Å². The molecule has 0 bridgehead atoms. The first-order valence-electron chi connectivity index (χ1n) is 7.01. The predicted octanol–water partition coefficient (Wildman–Crippen LogP) is 3.18. The van der Waals surface area contributed by atoms with Crippen molar-refractivity contribution in [3.05, 3.63) is 47.3 Å². The minimum absolute atomic E-state index is 0.783.